The molecule has 2 rings (SSSR count). The minimum Gasteiger partial charge on any atom is -0.324 e. The van der Waals surface area contributed by atoms with Gasteiger partial charge in [0.2, 0.25) is 0 Å². The van der Waals surface area contributed by atoms with Gasteiger partial charge in [-0.2, -0.15) is 0 Å². The molecule has 18 heavy (non-hydrogen) atoms. The van der Waals surface area contributed by atoms with Gasteiger partial charge in [-0.3, -0.25) is 0 Å². The van der Waals surface area contributed by atoms with Gasteiger partial charge in [0.25, 0.3) is 0 Å². The topological polar surface area (TPSA) is 55.0 Å². The van der Waals surface area contributed by atoms with Crippen LogP contribution < -0.4 is 5.73 Å². The second-order valence-corrected chi connectivity index (χ2v) is 4.96. The monoisotopic (exact) mass is 248 g/mol. The zero-order valence-corrected chi connectivity index (χ0v) is 11.5. The van der Waals surface area contributed by atoms with Gasteiger partial charge < -0.3 is 10.6 Å². The average molecular weight is 248 g/mol. The minimum atomic E-state index is 0.144. The van der Waals surface area contributed by atoms with E-state index in [1.807, 2.05) is 6.20 Å². The highest BCUT2D eigenvalue weighted by atomic mass is 15.1. The van der Waals surface area contributed by atoms with Crippen LogP contribution in [0.5, 0.6) is 0 Å². The van der Waals surface area contributed by atoms with Gasteiger partial charge in [-0.05, 0) is 32.4 Å². The van der Waals surface area contributed by atoms with Crippen molar-refractivity contribution in [3.63, 3.8) is 0 Å². The third kappa shape index (κ3) is 3.06. The molecule has 0 fully saturated rings. The Balaban J connectivity index is 2.02. The van der Waals surface area contributed by atoms with Crippen LogP contribution in [0.1, 0.15) is 49.8 Å². The summed E-state index contributed by atoms with van der Waals surface area (Å²) in [6.45, 7) is 7.60. The molecule has 4 nitrogen and oxygen atoms in total. The molecule has 0 spiro atoms. The van der Waals surface area contributed by atoms with Crippen LogP contribution in [0.3, 0.4) is 0 Å². The number of fused-ring (bicyclic) bond motifs is 1. The highest BCUT2D eigenvalue weighted by molar-refractivity contribution is 5.24. The number of hydrogen-bond donors (Lipinski definition) is 1. The molecule has 1 aliphatic carbocycles. The summed E-state index contributed by atoms with van der Waals surface area (Å²) in [5.41, 5.74) is 8.41. The lowest BCUT2D eigenvalue weighted by Crippen LogP contribution is -2.26. The summed E-state index contributed by atoms with van der Waals surface area (Å²) < 4.78 is 0. The second kappa shape index (κ2) is 6.25. The molecule has 1 aromatic heterocycles. The Morgan fingerprint density at radius 2 is 2.17 bits per heavy atom. The van der Waals surface area contributed by atoms with E-state index in [1.54, 1.807) is 0 Å². The van der Waals surface area contributed by atoms with Gasteiger partial charge in [0, 0.05) is 36.5 Å². The number of aromatic nitrogens is 2. The van der Waals surface area contributed by atoms with Gasteiger partial charge in [-0.25, -0.2) is 9.97 Å². The molecule has 0 saturated carbocycles. The summed E-state index contributed by atoms with van der Waals surface area (Å²) in [6, 6.07) is 0.144. The molecule has 0 amide bonds. The lowest BCUT2D eigenvalue weighted by molar-refractivity contribution is 0.305. The second-order valence-electron chi connectivity index (χ2n) is 4.96. The van der Waals surface area contributed by atoms with Crippen LogP contribution in [0.4, 0.5) is 0 Å². The van der Waals surface area contributed by atoms with E-state index in [-0.39, 0.29) is 6.04 Å². The van der Waals surface area contributed by atoms with Crippen LogP contribution >= 0.6 is 0 Å². The van der Waals surface area contributed by atoms with Crippen molar-refractivity contribution in [2.75, 3.05) is 19.6 Å². The Hall–Kier alpha value is -1.00. The van der Waals surface area contributed by atoms with Crippen LogP contribution in [0.15, 0.2) is 6.20 Å². The number of nitrogens with two attached hydrogens (primary N) is 1. The van der Waals surface area contributed by atoms with Crippen LogP contribution in [-0.4, -0.2) is 34.5 Å². The molecule has 1 atom stereocenters. The van der Waals surface area contributed by atoms with Gasteiger partial charge >= 0.3 is 0 Å². The van der Waals surface area contributed by atoms with Gasteiger partial charge in [-0.15, -0.1) is 0 Å². The molecule has 0 bridgehead atoms. The first-order valence-corrected chi connectivity index (χ1v) is 7.07. The van der Waals surface area contributed by atoms with Crippen molar-refractivity contribution in [3.05, 3.63) is 23.3 Å². The molecular weight excluding hydrogens is 224 g/mol. The lowest BCUT2D eigenvalue weighted by atomic mass is 9.93. The molecule has 1 aromatic rings. The van der Waals surface area contributed by atoms with E-state index in [2.05, 4.69) is 28.7 Å². The van der Waals surface area contributed by atoms with Gasteiger partial charge in [0.05, 0.1) is 0 Å². The van der Waals surface area contributed by atoms with Crippen LogP contribution in [-0.2, 0) is 12.8 Å². The normalized spacial score (nSPS) is 19.0. The van der Waals surface area contributed by atoms with Crippen molar-refractivity contribution in [2.45, 2.75) is 45.6 Å². The summed E-state index contributed by atoms with van der Waals surface area (Å²) in [6.07, 6.45) is 6.16. The highest BCUT2D eigenvalue weighted by Crippen LogP contribution is 2.25. The molecule has 0 saturated heterocycles. The number of rotatable bonds is 5. The molecule has 100 valence electrons. The number of hydrogen-bond acceptors (Lipinski definition) is 4. The Labute approximate surface area is 110 Å². The summed E-state index contributed by atoms with van der Waals surface area (Å²) in [5.74, 6) is 0.967. The SMILES string of the molecule is CCN(CC)CCc1ncc2c(n1)CCCC2N. The molecule has 1 heterocycles. The van der Waals surface area contributed by atoms with E-state index in [4.69, 9.17) is 5.73 Å². The first kappa shape index (κ1) is 13.4. The predicted molar refractivity (Wildman–Crippen MR) is 73.4 cm³/mol. The van der Waals surface area contributed by atoms with E-state index >= 15 is 0 Å². The van der Waals surface area contributed by atoms with E-state index in [9.17, 15) is 0 Å². The third-order valence-electron chi connectivity index (χ3n) is 3.82. The molecule has 4 heteroatoms. The first-order valence-electron chi connectivity index (χ1n) is 7.07. The fraction of sp³-hybridized carbons (Fsp3) is 0.714. The smallest absolute Gasteiger partial charge is 0.129 e. The molecule has 2 N–H and O–H groups in total. The fourth-order valence-corrected chi connectivity index (χ4v) is 2.54. The van der Waals surface area contributed by atoms with E-state index < -0.39 is 0 Å². The van der Waals surface area contributed by atoms with Crippen molar-refractivity contribution in [1.29, 1.82) is 0 Å². The molecule has 0 radical (unpaired) electrons. The lowest BCUT2D eigenvalue weighted by Gasteiger charge is -2.22. The van der Waals surface area contributed by atoms with E-state index in [0.29, 0.717) is 0 Å². The van der Waals surface area contributed by atoms with Gasteiger partial charge in [0.1, 0.15) is 5.82 Å². The number of aryl methyl sites for hydroxylation is 1. The Kier molecular flexibility index (Phi) is 4.66. The van der Waals surface area contributed by atoms with Crippen LogP contribution in [0.2, 0.25) is 0 Å². The quantitative estimate of drug-likeness (QED) is 0.861. The van der Waals surface area contributed by atoms with Crippen molar-refractivity contribution >= 4 is 0 Å². The zero-order chi connectivity index (χ0) is 13.0. The third-order valence-corrected chi connectivity index (χ3v) is 3.82. The molecule has 0 aliphatic heterocycles. The van der Waals surface area contributed by atoms with Crippen LogP contribution in [0, 0.1) is 0 Å². The maximum Gasteiger partial charge on any atom is 0.129 e. The van der Waals surface area contributed by atoms with Crippen molar-refractivity contribution in [1.82, 2.24) is 14.9 Å². The van der Waals surface area contributed by atoms with Crippen molar-refractivity contribution in [2.24, 2.45) is 5.73 Å². The Bertz CT molecular complexity index is 387. The summed E-state index contributed by atoms with van der Waals surface area (Å²) in [5, 5.41) is 0. The zero-order valence-electron chi connectivity index (χ0n) is 11.5. The summed E-state index contributed by atoms with van der Waals surface area (Å²) in [4.78, 5) is 11.5. The summed E-state index contributed by atoms with van der Waals surface area (Å²) >= 11 is 0. The maximum absolute atomic E-state index is 6.07. The number of nitrogens with zero attached hydrogens (tertiary/aromatic N) is 3. The Morgan fingerprint density at radius 1 is 1.39 bits per heavy atom. The predicted octanol–water partition coefficient (Wildman–Crippen LogP) is 1.70. The highest BCUT2D eigenvalue weighted by Gasteiger charge is 2.18. The average Bonchev–Trinajstić information content (AvgIpc) is 2.40. The Morgan fingerprint density at radius 3 is 2.89 bits per heavy atom. The molecule has 1 aliphatic rings. The molecular formula is C14H24N4. The van der Waals surface area contributed by atoms with E-state index in [1.165, 1.54) is 5.69 Å². The van der Waals surface area contributed by atoms with Crippen molar-refractivity contribution < 1.29 is 0 Å². The van der Waals surface area contributed by atoms with E-state index in [0.717, 1.165) is 56.7 Å². The van der Waals surface area contributed by atoms with Gasteiger partial charge in [-0.1, -0.05) is 13.8 Å². The largest absolute Gasteiger partial charge is 0.324 e. The minimum absolute atomic E-state index is 0.144. The summed E-state index contributed by atoms with van der Waals surface area (Å²) in [7, 11) is 0. The molecule has 1 unspecified atom stereocenters. The van der Waals surface area contributed by atoms with Crippen LogP contribution in [0.25, 0.3) is 0 Å². The molecule has 0 aromatic carbocycles. The van der Waals surface area contributed by atoms with Crippen molar-refractivity contribution in [3.8, 4) is 0 Å². The fourth-order valence-electron chi connectivity index (χ4n) is 2.54. The first-order chi connectivity index (χ1) is 8.74. The number of likely N-dealkylation sites (N-methyl/N-ethyl adjacent to an activating group) is 1. The van der Waals surface area contributed by atoms with Gasteiger partial charge in [0.15, 0.2) is 0 Å². The maximum atomic E-state index is 6.07. The standard InChI is InChI=1S/C14H24N4/c1-3-18(4-2)9-8-14-16-10-11-12(15)6-5-7-13(11)17-14/h10,12H,3-9,15H2,1-2H3.